The highest BCUT2D eigenvalue weighted by Gasteiger charge is 2.48. The molecule has 2 aliphatic heterocycles. The summed E-state index contributed by atoms with van der Waals surface area (Å²) in [4.78, 5) is 47.0. The van der Waals surface area contributed by atoms with Crippen LogP contribution in [0.2, 0.25) is 0 Å². The van der Waals surface area contributed by atoms with E-state index in [1.165, 1.54) is 34.1 Å². The summed E-state index contributed by atoms with van der Waals surface area (Å²) in [5, 5.41) is 5.45. The van der Waals surface area contributed by atoms with Gasteiger partial charge in [0.25, 0.3) is 5.91 Å². The van der Waals surface area contributed by atoms with Gasteiger partial charge in [0.05, 0.1) is 29.4 Å². The third-order valence-corrected chi connectivity index (χ3v) is 6.73. The van der Waals surface area contributed by atoms with Gasteiger partial charge in [-0.3, -0.25) is 19.5 Å². The van der Waals surface area contributed by atoms with Crippen LogP contribution >= 0.6 is 0 Å². The van der Waals surface area contributed by atoms with Gasteiger partial charge < -0.3 is 15.5 Å². The minimum Gasteiger partial charge on any atom is -0.350 e. The molecule has 0 fully saturated rings. The first-order valence-electron chi connectivity index (χ1n) is 12.6. The number of alkyl halides is 3. The van der Waals surface area contributed by atoms with Crippen molar-refractivity contribution in [1.29, 1.82) is 0 Å². The Balaban J connectivity index is 1.71. The third kappa shape index (κ3) is 5.81. The minimum absolute atomic E-state index is 0.0174. The number of benzene rings is 1. The van der Waals surface area contributed by atoms with Crippen LogP contribution in [0.1, 0.15) is 43.0 Å². The standard InChI is InChI=1S/C28H30F3N5O3/c1-4-13-35-22-16-36(21(14-17(2)3)25(37)33-15-18-9-11-32-12-10-18)26(38)23(22)24(34-27(35)39)19-7-5-6-8-20(19)28(29,30)31/h4-12,17,21,24H,1,13-16H2,2-3H3,(H,33,37)(H,34,39)/t21-,24+/m1/s1. The molecule has 0 spiro atoms. The van der Waals surface area contributed by atoms with E-state index in [1.54, 1.807) is 24.5 Å². The maximum Gasteiger partial charge on any atom is 0.416 e. The van der Waals surface area contributed by atoms with Crippen molar-refractivity contribution in [3.63, 3.8) is 0 Å². The van der Waals surface area contributed by atoms with Crippen molar-refractivity contribution >= 4 is 17.8 Å². The van der Waals surface area contributed by atoms with Crippen LogP contribution in [0, 0.1) is 5.92 Å². The quantitative estimate of drug-likeness (QED) is 0.466. The van der Waals surface area contributed by atoms with Crippen LogP contribution in [0.4, 0.5) is 18.0 Å². The van der Waals surface area contributed by atoms with Gasteiger partial charge in [0, 0.05) is 25.5 Å². The fourth-order valence-electron chi connectivity index (χ4n) is 4.96. The van der Waals surface area contributed by atoms with Crippen molar-refractivity contribution in [2.75, 3.05) is 13.1 Å². The first kappa shape index (κ1) is 27.9. The van der Waals surface area contributed by atoms with Crippen molar-refractivity contribution in [3.8, 4) is 0 Å². The molecule has 0 bridgehead atoms. The molecule has 11 heteroatoms. The largest absolute Gasteiger partial charge is 0.416 e. The average molecular weight is 542 g/mol. The molecule has 39 heavy (non-hydrogen) atoms. The van der Waals surface area contributed by atoms with Gasteiger partial charge in [0.1, 0.15) is 6.04 Å². The van der Waals surface area contributed by atoms with E-state index < -0.39 is 41.7 Å². The highest BCUT2D eigenvalue weighted by molar-refractivity contribution is 6.03. The highest BCUT2D eigenvalue weighted by atomic mass is 19.4. The Morgan fingerprint density at radius 3 is 2.54 bits per heavy atom. The lowest BCUT2D eigenvalue weighted by Gasteiger charge is -2.33. The Morgan fingerprint density at radius 2 is 1.90 bits per heavy atom. The van der Waals surface area contributed by atoms with Crippen molar-refractivity contribution in [1.82, 2.24) is 25.4 Å². The van der Waals surface area contributed by atoms with Crippen LogP contribution in [0.15, 0.2) is 72.7 Å². The van der Waals surface area contributed by atoms with E-state index >= 15 is 0 Å². The third-order valence-electron chi connectivity index (χ3n) is 6.73. The molecule has 2 atom stereocenters. The molecule has 0 saturated carbocycles. The number of carbonyl (C=O) groups excluding carboxylic acids is 3. The Hall–Kier alpha value is -4.15. The highest BCUT2D eigenvalue weighted by Crippen LogP contribution is 2.42. The molecule has 0 saturated heterocycles. The van der Waals surface area contributed by atoms with Crippen molar-refractivity contribution in [2.24, 2.45) is 5.92 Å². The molecule has 3 heterocycles. The van der Waals surface area contributed by atoms with Crippen molar-refractivity contribution < 1.29 is 27.6 Å². The van der Waals surface area contributed by atoms with E-state index in [-0.39, 0.29) is 42.4 Å². The van der Waals surface area contributed by atoms with Gasteiger partial charge in [0.2, 0.25) is 5.91 Å². The van der Waals surface area contributed by atoms with Crippen molar-refractivity contribution in [3.05, 3.63) is 89.4 Å². The topological polar surface area (TPSA) is 94.6 Å². The molecule has 0 aliphatic carbocycles. The van der Waals surface area contributed by atoms with E-state index in [1.807, 2.05) is 13.8 Å². The molecule has 0 radical (unpaired) electrons. The van der Waals surface area contributed by atoms with Gasteiger partial charge in [-0.2, -0.15) is 13.2 Å². The summed E-state index contributed by atoms with van der Waals surface area (Å²) in [5.74, 6) is -0.959. The zero-order valence-corrected chi connectivity index (χ0v) is 21.7. The number of hydrogen-bond donors (Lipinski definition) is 2. The van der Waals surface area contributed by atoms with E-state index in [9.17, 15) is 27.6 Å². The molecule has 4 rings (SSSR count). The number of nitrogens with one attached hydrogen (secondary N) is 2. The fourth-order valence-corrected chi connectivity index (χ4v) is 4.96. The van der Waals surface area contributed by atoms with Gasteiger partial charge in [-0.05, 0) is 41.7 Å². The summed E-state index contributed by atoms with van der Waals surface area (Å²) in [7, 11) is 0. The second-order valence-electron chi connectivity index (χ2n) is 9.88. The predicted molar refractivity (Wildman–Crippen MR) is 138 cm³/mol. The molecule has 4 amide bonds. The number of hydrogen-bond acceptors (Lipinski definition) is 4. The molecule has 1 aromatic heterocycles. The van der Waals surface area contributed by atoms with E-state index in [0.29, 0.717) is 6.42 Å². The van der Waals surface area contributed by atoms with Crippen LogP contribution in [-0.2, 0) is 22.3 Å². The van der Waals surface area contributed by atoms with E-state index in [2.05, 4.69) is 22.2 Å². The summed E-state index contributed by atoms with van der Waals surface area (Å²) in [5.41, 5.74) is -0.0750. The lowest BCUT2D eigenvalue weighted by molar-refractivity contribution is -0.139. The van der Waals surface area contributed by atoms with Crippen molar-refractivity contribution in [2.45, 2.75) is 45.1 Å². The summed E-state index contributed by atoms with van der Waals surface area (Å²) >= 11 is 0. The number of rotatable bonds is 9. The molecule has 1 aromatic carbocycles. The normalized spacial score (nSPS) is 18.3. The molecule has 206 valence electrons. The van der Waals surface area contributed by atoms with Gasteiger partial charge in [0.15, 0.2) is 0 Å². The SMILES string of the molecule is C=CCN1C(=O)N[C@@H](c2ccccc2C(F)(F)F)C2=C1CN([C@H](CC(C)C)C(=O)NCc1ccncc1)C2=O. The Kier molecular flexibility index (Phi) is 8.08. The second kappa shape index (κ2) is 11.3. The Morgan fingerprint density at radius 1 is 1.21 bits per heavy atom. The fraction of sp³-hybridized carbons (Fsp3) is 0.357. The molecule has 0 unspecified atom stereocenters. The van der Waals surface area contributed by atoms with Gasteiger partial charge in [-0.15, -0.1) is 6.58 Å². The zero-order chi connectivity index (χ0) is 28.3. The second-order valence-corrected chi connectivity index (χ2v) is 9.88. The first-order valence-corrected chi connectivity index (χ1v) is 12.6. The lowest BCUT2D eigenvalue weighted by Crippen LogP contribution is -2.49. The number of aromatic nitrogens is 1. The lowest BCUT2D eigenvalue weighted by atomic mass is 9.91. The number of pyridine rings is 1. The molecule has 2 N–H and O–H groups in total. The van der Waals surface area contributed by atoms with Gasteiger partial charge >= 0.3 is 12.2 Å². The van der Waals surface area contributed by atoms with Gasteiger partial charge in [-0.1, -0.05) is 38.1 Å². The molecule has 8 nitrogen and oxygen atoms in total. The smallest absolute Gasteiger partial charge is 0.350 e. The maximum atomic E-state index is 13.9. The number of nitrogens with zero attached hydrogens (tertiary/aromatic N) is 3. The van der Waals surface area contributed by atoms with E-state index in [4.69, 9.17) is 0 Å². The number of halogens is 3. The summed E-state index contributed by atoms with van der Waals surface area (Å²) in [6.45, 7) is 7.65. The molecule has 2 aromatic rings. The molecule has 2 aliphatic rings. The molecular weight excluding hydrogens is 511 g/mol. The summed E-state index contributed by atoms with van der Waals surface area (Å²) in [6, 6.07) is 5.50. The predicted octanol–water partition coefficient (Wildman–Crippen LogP) is 4.18. The van der Waals surface area contributed by atoms with Crippen LogP contribution in [0.5, 0.6) is 0 Å². The number of urea groups is 1. The maximum absolute atomic E-state index is 13.9. The van der Waals surface area contributed by atoms with Crippen LogP contribution in [0.3, 0.4) is 0 Å². The Bertz CT molecular complexity index is 1290. The van der Waals surface area contributed by atoms with Crippen LogP contribution in [-0.4, -0.2) is 51.8 Å². The monoisotopic (exact) mass is 541 g/mol. The summed E-state index contributed by atoms with van der Waals surface area (Å²) in [6.07, 6.45) is 0.294. The number of amides is 4. The van der Waals surface area contributed by atoms with Crippen LogP contribution in [0.25, 0.3) is 0 Å². The molecular formula is C28H30F3N5O3. The van der Waals surface area contributed by atoms with Gasteiger partial charge in [-0.25, -0.2) is 4.79 Å². The first-order chi connectivity index (χ1) is 18.5. The number of carbonyl (C=O) groups is 3. The zero-order valence-electron chi connectivity index (χ0n) is 21.7. The minimum atomic E-state index is -4.70. The van der Waals surface area contributed by atoms with E-state index in [0.717, 1.165) is 11.6 Å². The summed E-state index contributed by atoms with van der Waals surface area (Å²) < 4.78 is 41.7. The Labute approximate surface area is 224 Å². The average Bonchev–Trinajstić information content (AvgIpc) is 3.24. The van der Waals surface area contributed by atoms with Crippen LogP contribution < -0.4 is 10.6 Å².